The van der Waals surface area contributed by atoms with Crippen LogP contribution in [0.15, 0.2) is 0 Å². The summed E-state index contributed by atoms with van der Waals surface area (Å²) in [6.45, 7) is 13.2. The number of nitrogens with zero attached hydrogens (tertiary/aromatic N) is 1. The summed E-state index contributed by atoms with van der Waals surface area (Å²) in [6, 6.07) is -0.0191. The molecule has 1 saturated heterocycles. The summed E-state index contributed by atoms with van der Waals surface area (Å²) in [5.74, 6) is 0.365. The van der Waals surface area contributed by atoms with Crippen molar-refractivity contribution in [1.29, 1.82) is 0 Å². The summed E-state index contributed by atoms with van der Waals surface area (Å²) in [4.78, 5) is 2.37. The van der Waals surface area contributed by atoms with Crippen LogP contribution in [-0.2, 0) is 10.0 Å². The fourth-order valence-corrected chi connectivity index (χ4v) is 4.25. The normalized spacial score (nSPS) is 20.1. The molecule has 0 radical (unpaired) electrons. The molecular formula is C14H30N2O2S. The smallest absolute Gasteiger partial charge is 0.212 e. The van der Waals surface area contributed by atoms with Gasteiger partial charge >= 0.3 is 0 Å². The van der Waals surface area contributed by atoms with Crippen LogP contribution in [0.4, 0.5) is 0 Å². The van der Waals surface area contributed by atoms with E-state index in [0.717, 1.165) is 19.6 Å². The minimum Gasteiger partial charge on any atom is -0.302 e. The maximum absolute atomic E-state index is 12.1. The van der Waals surface area contributed by atoms with Crippen molar-refractivity contribution >= 4 is 10.0 Å². The molecule has 4 nitrogen and oxygen atoms in total. The second kappa shape index (κ2) is 6.55. The number of sulfonamides is 1. The largest absolute Gasteiger partial charge is 0.302 e. The average molecular weight is 290 g/mol. The van der Waals surface area contributed by atoms with E-state index in [2.05, 4.69) is 30.4 Å². The van der Waals surface area contributed by atoms with Crippen LogP contribution in [-0.4, -0.2) is 44.7 Å². The Morgan fingerprint density at radius 1 is 1.16 bits per heavy atom. The predicted octanol–water partition coefficient (Wildman–Crippen LogP) is 2.07. The van der Waals surface area contributed by atoms with Crippen molar-refractivity contribution in [2.75, 3.05) is 25.4 Å². The van der Waals surface area contributed by atoms with E-state index in [4.69, 9.17) is 0 Å². The van der Waals surface area contributed by atoms with Gasteiger partial charge in [0.15, 0.2) is 0 Å². The zero-order chi connectivity index (χ0) is 14.7. The summed E-state index contributed by atoms with van der Waals surface area (Å²) in [7, 11) is -3.18. The van der Waals surface area contributed by atoms with Gasteiger partial charge in [-0.1, -0.05) is 34.6 Å². The Kier molecular flexibility index (Phi) is 5.83. The van der Waals surface area contributed by atoms with E-state index >= 15 is 0 Å². The van der Waals surface area contributed by atoms with Gasteiger partial charge in [-0.05, 0) is 37.3 Å². The molecule has 1 rings (SSSR count). The molecule has 1 aliphatic rings. The Balaban J connectivity index is 2.69. The molecule has 0 saturated carbocycles. The highest BCUT2D eigenvalue weighted by Crippen LogP contribution is 2.22. The van der Waals surface area contributed by atoms with Crippen LogP contribution < -0.4 is 4.72 Å². The molecule has 5 heteroatoms. The van der Waals surface area contributed by atoms with Crippen molar-refractivity contribution < 1.29 is 8.42 Å². The van der Waals surface area contributed by atoms with Gasteiger partial charge in [-0.3, -0.25) is 0 Å². The fourth-order valence-electron chi connectivity index (χ4n) is 2.41. The monoisotopic (exact) mass is 290 g/mol. The predicted molar refractivity (Wildman–Crippen MR) is 80.7 cm³/mol. The second-order valence-corrected chi connectivity index (χ2v) is 9.02. The zero-order valence-electron chi connectivity index (χ0n) is 13.1. The van der Waals surface area contributed by atoms with E-state index < -0.39 is 10.0 Å². The molecule has 1 unspecified atom stereocenters. The molecule has 0 aromatic carbocycles. The third-order valence-electron chi connectivity index (χ3n) is 3.56. The van der Waals surface area contributed by atoms with Crippen LogP contribution in [0.1, 0.15) is 47.5 Å². The van der Waals surface area contributed by atoms with Crippen molar-refractivity contribution in [3.63, 3.8) is 0 Å². The summed E-state index contributed by atoms with van der Waals surface area (Å²) in [5.41, 5.74) is -0.0629. The molecule has 1 heterocycles. The first-order chi connectivity index (χ1) is 8.60. The highest BCUT2D eigenvalue weighted by Gasteiger charge is 2.31. The van der Waals surface area contributed by atoms with Gasteiger partial charge in [0.2, 0.25) is 10.0 Å². The van der Waals surface area contributed by atoms with E-state index in [1.165, 1.54) is 12.8 Å². The maximum Gasteiger partial charge on any atom is 0.212 e. The maximum atomic E-state index is 12.1. The number of hydrogen-bond acceptors (Lipinski definition) is 3. The van der Waals surface area contributed by atoms with E-state index in [-0.39, 0.29) is 23.1 Å². The van der Waals surface area contributed by atoms with Crippen LogP contribution in [0, 0.1) is 11.3 Å². The molecule has 0 bridgehead atoms. The summed E-state index contributed by atoms with van der Waals surface area (Å²) < 4.78 is 27.2. The van der Waals surface area contributed by atoms with Crippen molar-refractivity contribution in [2.24, 2.45) is 11.3 Å². The third kappa shape index (κ3) is 6.23. The Bertz CT molecular complexity index is 365. The SMILES string of the molecule is CC(C)CS(=O)(=O)NC(CN1CCCC1)C(C)(C)C. The van der Waals surface area contributed by atoms with Gasteiger partial charge in [0.1, 0.15) is 0 Å². The van der Waals surface area contributed by atoms with Gasteiger partial charge in [0.25, 0.3) is 0 Å². The molecule has 0 aliphatic carbocycles. The van der Waals surface area contributed by atoms with Gasteiger partial charge in [-0.15, -0.1) is 0 Å². The van der Waals surface area contributed by atoms with Crippen LogP contribution in [0.25, 0.3) is 0 Å². The van der Waals surface area contributed by atoms with Gasteiger partial charge < -0.3 is 4.90 Å². The molecule has 0 amide bonds. The van der Waals surface area contributed by atoms with E-state index in [1.54, 1.807) is 0 Å². The van der Waals surface area contributed by atoms with Gasteiger partial charge in [-0.2, -0.15) is 0 Å². The first-order valence-corrected chi connectivity index (χ1v) is 8.98. The summed E-state index contributed by atoms with van der Waals surface area (Å²) in [6.07, 6.45) is 2.46. The van der Waals surface area contributed by atoms with Crippen molar-refractivity contribution in [2.45, 2.75) is 53.5 Å². The Morgan fingerprint density at radius 3 is 2.11 bits per heavy atom. The Labute approximate surface area is 119 Å². The van der Waals surface area contributed by atoms with Crippen molar-refractivity contribution in [3.8, 4) is 0 Å². The van der Waals surface area contributed by atoms with Crippen LogP contribution in [0.3, 0.4) is 0 Å². The minimum absolute atomic E-state index is 0.0191. The molecule has 1 atom stereocenters. The molecule has 0 aromatic rings. The highest BCUT2D eigenvalue weighted by molar-refractivity contribution is 7.89. The lowest BCUT2D eigenvalue weighted by molar-refractivity contribution is 0.214. The van der Waals surface area contributed by atoms with Crippen LogP contribution in [0.5, 0.6) is 0 Å². The van der Waals surface area contributed by atoms with Gasteiger partial charge in [-0.25, -0.2) is 13.1 Å². The third-order valence-corrected chi connectivity index (χ3v) is 5.31. The van der Waals surface area contributed by atoms with E-state index in [0.29, 0.717) is 0 Å². The topological polar surface area (TPSA) is 49.4 Å². The summed E-state index contributed by atoms with van der Waals surface area (Å²) >= 11 is 0. The van der Waals surface area contributed by atoms with Crippen LogP contribution in [0.2, 0.25) is 0 Å². The molecule has 1 fully saturated rings. The number of likely N-dealkylation sites (tertiary alicyclic amines) is 1. The molecule has 114 valence electrons. The van der Waals surface area contributed by atoms with Gasteiger partial charge in [0.05, 0.1) is 5.75 Å². The van der Waals surface area contributed by atoms with E-state index in [9.17, 15) is 8.42 Å². The fraction of sp³-hybridized carbons (Fsp3) is 1.00. The molecule has 1 N–H and O–H groups in total. The lowest BCUT2D eigenvalue weighted by atomic mass is 9.87. The average Bonchev–Trinajstić information content (AvgIpc) is 2.65. The summed E-state index contributed by atoms with van der Waals surface area (Å²) in [5, 5.41) is 0. The van der Waals surface area contributed by atoms with Gasteiger partial charge in [0, 0.05) is 12.6 Å². The van der Waals surface area contributed by atoms with Crippen LogP contribution >= 0.6 is 0 Å². The molecule has 19 heavy (non-hydrogen) atoms. The number of rotatable bonds is 6. The standard InChI is InChI=1S/C14H30N2O2S/c1-12(2)11-19(17,18)15-13(14(3,4)5)10-16-8-6-7-9-16/h12-13,15H,6-11H2,1-5H3. The van der Waals surface area contributed by atoms with Crippen molar-refractivity contribution in [1.82, 2.24) is 9.62 Å². The molecule has 1 aliphatic heterocycles. The Morgan fingerprint density at radius 2 is 1.68 bits per heavy atom. The molecule has 0 spiro atoms. The Hall–Kier alpha value is -0.130. The van der Waals surface area contributed by atoms with E-state index in [1.807, 2.05) is 13.8 Å². The second-order valence-electron chi connectivity index (χ2n) is 7.22. The lowest BCUT2D eigenvalue weighted by Gasteiger charge is -2.34. The lowest BCUT2D eigenvalue weighted by Crippen LogP contribution is -2.51. The molecular weight excluding hydrogens is 260 g/mol. The zero-order valence-corrected chi connectivity index (χ0v) is 13.9. The van der Waals surface area contributed by atoms with Crippen molar-refractivity contribution in [3.05, 3.63) is 0 Å². The minimum atomic E-state index is -3.18. The molecule has 0 aromatic heterocycles. The quantitative estimate of drug-likeness (QED) is 0.815. The number of hydrogen-bond donors (Lipinski definition) is 1. The number of nitrogens with one attached hydrogen (secondary N) is 1. The first kappa shape index (κ1) is 16.9. The first-order valence-electron chi connectivity index (χ1n) is 7.32. The highest BCUT2D eigenvalue weighted by atomic mass is 32.2.